The van der Waals surface area contributed by atoms with Gasteiger partial charge in [-0.25, -0.2) is 4.90 Å². The van der Waals surface area contributed by atoms with E-state index in [1.807, 2.05) is 24.3 Å². The summed E-state index contributed by atoms with van der Waals surface area (Å²) < 4.78 is 0. The lowest BCUT2D eigenvalue weighted by Crippen LogP contribution is -2.32. The topological polar surface area (TPSA) is 78.5 Å². The predicted octanol–water partition coefficient (Wildman–Crippen LogP) is 4.94. The molecular weight excluding hydrogens is 426 g/mol. The van der Waals surface area contributed by atoms with E-state index in [2.05, 4.69) is 17.6 Å². The fourth-order valence-corrected chi connectivity index (χ4v) is 3.55. The van der Waals surface area contributed by atoms with Crippen molar-refractivity contribution in [3.63, 3.8) is 0 Å². The van der Waals surface area contributed by atoms with E-state index in [-0.39, 0.29) is 16.6 Å². The Bertz CT molecular complexity index is 1220. The van der Waals surface area contributed by atoms with E-state index in [0.29, 0.717) is 22.6 Å². The maximum absolute atomic E-state index is 12.9. The lowest BCUT2D eigenvalue weighted by Gasteiger charge is -2.15. The van der Waals surface area contributed by atoms with Gasteiger partial charge in [0.15, 0.2) is 0 Å². The minimum Gasteiger partial charge on any atom is -0.350 e. The Kier molecular flexibility index (Phi) is 6.05. The molecule has 1 aliphatic heterocycles. The van der Waals surface area contributed by atoms with E-state index >= 15 is 0 Å². The van der Waals surface area contributed by atoms with Crippen LogP contribution in [0.3, 0.4) is 0 Å². The van der Waals surface area contributed by atoms with Gasteiger partial charge in [0.2, 0.25) is 0 Å². The first-order valence-electron chi connectivity index (χ1n) is 10.1. The first kappa shape index (κ1) is 21.3. The van der Waals surface area contributed by atoms with Crippen LogP contribution in [0.15, 0.2) is 89.6 Å². The number of hydrogen-bond acceptors (Lipinski definition) is 4. The third kappa shape index (κ3) is 4.26. The van der Waals surface area contributed by atoms with Gasteiger partial charge in [-0.1, -0.05) is 54.9 Å². The van der Waals surface area contributed by atoms with Gasteiger partial charge in [-0.15, -0.1) is 0 Å². The molecule has 0 fully saturated rings. The number of para-hydroxylation sites is 1. The molecule has 3 amide bonds. The lowest BCUT2D eigenvalue weighted by atomic mass is 10.1. The van der Waals surface area contributed by atoms with Gasteiger partial charge in [-0.2, -0.15) is 0 Å². The monoisotopic (exact) mass is 445 g/mol. The second-order valence-corrected chi connectivity index (χ2v) is 7.56. The van der Waals surface area contributed by atoms with Crippen molar-refractivity contribution in [3.8, 4) is 0 Å². The molecule has 0 radical (unpaired) electrons. The van der Waals surface area contributed by atoms with Crippen LogP contribution in [-0.2, 0) is 16.0 Å². The van der Waals surface area contributed by atoms with Crippen molar-refractivity contribution in [2.24, 2.45) is 0 Å². The van der Waals surface area contributed by atoms with Gasteiger partial charge in [-0.05, 0) is 54.4 Å². The van der Waals surface area contributed by atoms with Crippen molar-refractivity contribution in [3.05, 3.63) is 101 Å². The normalized spacial score (nSPS) is 13.5. The number of carbonyl (C=O) groups is 3. The molecule has 32 heavy (non-hydrogen) atoms. The van der Waals surface area contributed by atoms with Gasteiger partial charge in [-0.3, -0.25) is 14.4 Å². The average molecular weight is 446 g/mol. The van der Waals surface area contributed by atoms with Crippen LogP contribution in [0.5, 0.6) is 0 Å². The van der Waals surface area contributed by atoms with E-state index in [1.165, 1.54) is 5.56 Å². The summed E-state index contributed by atoms with van der Waals surface area (Å²) in [4.78, 5) is 39.1. The molecule has 0 aliphatic carbocycles. The molecule has 2 N–H and O–H groups in total. The van der Waals surface area contributed by atoms with E-state index < -0.39 is 11.8 Å². The second kappa shape index (κ2) is 9.08. The number of halogens is 1. The fraction of sp³-hybridized carbons (Fsp3) is 0.0800. The van der Waals surface area contributed by atoms with Gasteiger partial charge in [0, 0.05) is 16.9 Å². The fourth-order valence-electron chi connectivity index (χ4n) is 3.33. The number of anilines is 3. The average Bonchev–Trinajstić information content (AvgIpc) is 3.03. The summed E-state index contributed by atoms with van der Waals surface area (Å²) in [6.07, 6.45) is 0.920. The third-order valence-electron chi connectivity index (χ3n) is 5.06. The molecule has 0 aromatic heterocycles. The molecule has 0 spiro atoms. The number of aryl methyl sites for hydroxylation is 1. The molecule has 1 heterocycles. The highest BCUT2D eigenvalue weighted by Gasteiger charge is 2.38. The number of rotatable bonds is 6. The number of nitrogens with zero attached hydrogens (tertiary/aromatic N) is 1. The molecule has 0 saturated carbocycles. The lowest BCUT2D eigenvalue weighted by molar-refractivity contribution is -0.120. The van der Waals surface area contributed by atoms with Crippen molar-refractivity contribution in [1.82, 2.24) is 0 Å². The van der Waals surface area contributed by atoms with Gasteiger partial charge in [0.05, 0.1) is 5.69 Å². The number of carbonyl (C=O) groups excluding carboxylic acids is 3. The minimum atomic E-state index is -0.602. The van der Waals surface area contributed by atoms with Gasteiger partial charge in [0.1, 0.15) is 10.7 Å². The van der Waals surface area contributed by atoms with Crippen LogP contribution in [0, 0.1) is 0 Å². The summed E-state index contributed by atoms with van der Waals surface area (Å²) >= 11 is 6.18. The summed E-state index contributed by atoms with van der Waals surface area (Å²) in [6, 6.07) is 22.8. The number of benzene rings is 3. The van der Waals surface area contributed by atoms with Gasteiger partial charge < -0.3 is 10.6 Å². The van der Waals surface area contributed by atoms with E-state index in [4.69, 9.17) is 11.6 Å². The van der Waals surface area contributed by atoms with Crippen LogP contribution in [0.25, 0.3) is 0 Å². The number of amides is 3. The molecule has 0 unspecified atom stereocenters. The molecule has 3 aromatic rings. The quantitative estimate of drug-likeness (QED) is 0.527. The molecule has 0 saturated heterocycles. The molecule has 3 aromatic carbocycles. The van der Waals surface area contributed by atoms with Crippen LogP contribution in [0.1, 0.15) is 22.8 Å². The van der Waals surface area contributed by atoms with E-state index in [9.17, 15) is 14.4 Å². The molecule has 1 aliphatic rings. The maximum Gasteiger partial charge on any atom is 0.283 e. The predicted molar refractivity (Wildman–Crippen MR) is 126 cm³/mol. The first-order valence-corrected chi connectivity index (χ1v) is 10.5. The standard InChI is InChI=1S/C25H20ClN3O3/c1-2-16-11-13-18(14-12-16)28-23(30)17-7-6-8-19(15-17)27-22-21(26)24(31)29(25(22)32)20-9-4-3-5-10-20/h3-15,27H,2H2,1H3,(H,28,30). The van der Waals surface area contributed by atoms with Gasteiger partial charge in [0.25, 0.3) is 17.7 Å². The molecule has 6 nitrogen and oxygen atoms in total. The zero-order chi connectivity index (χ0) is 22.7. The first-order chi connectivity index (χ1) is 15.5. The Morgan fingerprint density at radius 1 is 0.875 bits per heavy atom. The summed E-state index contributed by atoms with van der Waals surface area (Å²) in [6.45, 7) is 2.06. The maximum atomic E-state index is 12.9. The van der Waals surface area contributed by atoms with Crippen LogP contribution in [-0.4, -0.2) is 17.7 Å². The summed E-state index contributed by atoms with van der Waals surface area (Å²) in [7, 11) is 0. The molecule has 160 valence electrons. The largest absolute Gasteiger partial charge is 0.350 e. The highest BCUT2D eigenvalue weighted by Crippen LogP contribution is 2.30. The van der Waals surface area contributed by atoms with Crippen molar-refractivity contribution in [2.75, 3.05) is 15.5 Å². The minimum absolute atomic E-state index is 0.0340. The van der Waals surface area contributed by atoms with Crippen molar-refractivity contribution in [1.29, 1.82) is 0 Å². The Morgan fingerprint density at radius 2 is 1.59 bits per heavy atom. The molecule has 7 heteroatoms. The highest BCUT2D eigenvalue weighted by atomic mass is 35.5. The Morgan fingerprint density at radius 3 is 2.28 bits per heavy atom. The zero-order valence-corrected chi connectivity index (χ0v) is 18.0. The van der Waals surface area contributed by atoms with Crippen molar-refractivity contribution >= 4 is 46.4 Å². The summed E-state index contributed by atoms with van der Waals surface area (Å²) in [5, 5.41) is 5.55. The van der Waals surface area contributed by atoms with Crippen molar-refractivity contribution in [2.45, 2.75) is 13.3 Å². The van der Waals surface area contributed by atoms with Crippen molar-refractivity contribution < 1.29 is 14.4 Å². The molecule has 0 atom stereocenters. The number of nitrogens with one attached hydrogen (secondary N) is 2. The van der Waals surface area contributed by atoms with Crippen LogP contribution in [0.2, 0.25) is 0 Å². The number of hydrogen-bond donors (Lipinski definition) is 2. The summed E-state index contributed by atoms with van der Waals surface area (Å²) in [5.74, 6) is -1.45. The summed E-state index contributed by atoms with van der Waals surface area (Å²) in [5.41, 5.74) is 3.12. The van der Waals surface area contributed by atoms with Crippen LogP contribution >= 0.6 is 11.6 Å². The van der Waals surface area contributed by atoms with E-state index in [0.717, 1.165) is 11.3 Å². The van der Waals surface area contributed by atoms with E-state index in [1.54, 1.807) is 54.6 Å². The van der Waals surface area contributed by atoms with Gasteiger partial charge >= 0.3 is 0 Å². The molecular formula is C25H20ClN3O3. The highest BCUT2D eigenvalue weighted by molar-refractivity contribution is 6.53. The second-order valence-electron chi connectivity index (χ2n) is 7.18. The molecule has 4 rings (SSSR count). The SMILES string of the molecule is CCc1ccc(NC(=O)c2cccc(NC3=C(Cl)C(=O)N(c4ccccc4)C3=O)c2)cc1. The molecule has 0 bridgehead atoms. The van der Waals surface area contributed by atoms with Crippen LogP contribution < -0.4 is 15.5 Å². The zero-order valence-electron chi connectivity index (χ0n) is 17.3. The Labute approximate surface area is 190 Å². The number of imide groups is 1. The third-order valence-corrected chi connectivity index (χ3v) is 5.41. The Balaban J connectivity index is 1.51. The Hall–Kier alpha value is -3.90. The smallest absolute Gasteiger partial charge is 0.283 e. The van der Waals surface area contributed by atoms with Crippen LogP contribution in [0.4, 0.5) is 17.1 Å².